The summed E-state index contributed by atoms with van der Waals surface area (Å²) in [6, 6.07) is 12.8. The van der Waals surface area contributed by atoms with Gasteiger partial charge in [0.15, 0.2) is 24.0 Å². The molecule has 136 valence electrons. The number of rotatable bonds is 2. The summed E-state index contributed by atoms with van der Waals surface area (Å²) in [7, 11) is 0. The number of benzene rings is 2. The van der Waals surface area contributed by atoms with Crippen LogP contribution in [-0.2, 0) is 9.47 Å². The van der Waals surface area contributed by atoms with E-state index >= 15 is 0 Å². The van der Waals surface area contributed by atoms with Crippen LogP contribution in [0.4, 0.5) is 0 Å². The number of esters is 2. The molecule has 0 saturated carbocycles. The predicted octanol–water partition coefficient (Wildman–Crippen LogP) is 2.11. The molecule has 0 fully saturated rings. The van der Waals surface area contributed by atoms with E-state index in [0.29, 0.717) is 0 Å². The largest absolute Gasteiger partial charge is 0.442 e. The molecule has 0 bridgehead atoms. The molecule has 2 aromatic rings. The number of cyclic esters (lactones) is 2. The van der Waals surface area contributed by atoms with Crippen LogP contribution >= 0.6 is 0 Å². The van der Waals surface area contributed by atoms with Gasteiger partial charge < -0.3 is 9.47 Å². The molecule has 2 aliphatic rings. The summed E-state index contributed by atoms with van der Waals surface area (Å²) in [5, 5.41) is 2.80. The second-order valence-corrected chi connectivity index (χ2v) is 6.30. The Hall–Kier alpha value is -3.32. The molecule has 2 atom stereocenters. The van der Waals surface area contributed by atoms with Gasteiger partial charge in [0.1, 0.15) is 0 Å². The Morgan fingerprint density at radius 2 is 1.00 bits per heavy atom. The van der Waals surface area contributed by atoms with Gasteiger partial charge in [-0.2, -0.15) is 0 Å². The van der Waals surface area contributed by atoms with Crippen molar-refractivity contribution in [2.75, 3.05) is 0 Å². The molecule has 0 amide bonds. The molecule has 0 radical (unpaired) electrons. The molecule has 4 rings (SSSR count). The number of fused-ring (bicyclic) bond motifs is 2. The highest BCUT2D eigenvalue weighted by atomic mass is 16.6. The quantitative estimate of drug-likeness (QED) is 0.814. The van der Waals surface area contributed by atoms with Gasteiger partial charge in [0.2, 0.25) is 0 Å². The molecule has 0 aliphatic carbocycles. The van der Waals surface area contributed by atoms with Crippen LogP contribution < -0.4 is 5.32 Å². The topological polar surface area (TPSA) is 98.8 Å². The highest BCUT2D eigenvalue weighted by Gasteiger charge is 2.34. The maximum absolute atomic E-state index is 12.4. The molecule has 1 N–H and O–H groups in total. The van der Waals surface area contributed by atoms with Crippen LogP contribution in [0.5, 0.6) is 0 Å². The molecule has 27 heavy (non-hydrogen) atoms. The zero-order valence-electron chi connectivity index (χ0n) is 14.1. The molecule has 7 nitrogen and oxygen atoms in total. The lowest BCUT2D eigenvalue weighted by molar-refractivity contribution is -0.0160. The summed E-state index contributed by atoms with van der Waals surface area (Å²) in [6.07, 6.45) is -2.27. The van der Waals surface area contributed by atoms with Gasteiger partial charge in [-0.1, -0.05) is 36.4 Å². The molecule has 2 aromatic carbocycles. The van der Waals surface area contributed by atoms with E-state index in [1.54, 1.807) is 36.4 Å². The summed E-state index contributed by atoms with van der Waals surface area (Å²) in [5.41, 5.74) is 0.947. The smallest absolute Gasteiger partial charge is 0.340 e. The van der Waals surface area contributed by atoms with Crippen LogP contribution in [0.25, 0.3) is 0 Å². The highest BCUT2D eigenvalue weighted by Crippen LogP contribution is 2.22. The lowest BCUT2D eigenvalue weighted by atomic mass is 10.0. The minimum Gasteiger partial charge on any atom is -0.442 e. The number of carbonyl (C=O) groups excluding carboxylic acids is 4. The van der Waals surface area contributed by atoms with Gasteiger partial charge in [-0.05, 0) is 12.1 Å². The Labute approximate surface area is 154 Å². The van der Waals surface area contributed by atoms with E-state index in [9.17, 15) is 19.2 Å². The molecule has 2 aliphatic heterocycles. The van der Waals surface area contributed by atoms with E-state index in [1.807, 2.05) is 0 Å². The third-order valence-corrected chi connectivity index (χ3v) is 4.51. The van der Waals surface area contributed by atoms with Crippen molar-refractivity contribution >= 4 is 23.5 Å². The average molecular weight is 365 g/mol. The van der Waals surface area contributed by atoms with Crippen molar-refractivity contribution in [1.29, 1.82) is 0 Å². The van der Waals surface area contributed by atoms with Crippen molar-refractivity contribution in [2.45, 2.75) is 25.3 Å². The van der Waals surface area contributed by atoms with Crippen molar-refractivity contribution in [3.05, 3.63) is 70.8 Å². The van der Waals surface area contributed by atoms with Crippen LogP contribution in [0.1, 0.15) is 54.3 Å². The normalized spacial score (nSPS) is 22.1. The van der Waals surface area contributed by atoms with Crippen LogP contribution in [0.3, 0.4) is 0 Å². The van der Waals surface area contributed by atoms with E-state index in [2.05, 4.69) is 5.32 Å². The lowest BCUT2D eigenvalue weighted by Crippen LogP contribution is -2.44. The van der Waals surface area contributed by atoms with Crippen LogP contribution in [0.15, 0.2) is 48.5 Å². The molecule has 0 saturated heterocycles. The SMILES string of the molecule is O=C1CC(NC2CC(=O)c3ccccc3C(=O)O2)OC(=O)c2ccccc21. The first-order valence-corrected chi connectivity index (χ1v) is 8.45. The highest BCUT2D eigenvalue weighted by molar-refractivity contribution is 6.08. The van der Waals surface area contributed by atoms with Crippen molar-refractivity contribution < 1.29 is 28.7 Å². The number of carbonyl (C=O) groups is 4. The van der Waals surface area contributed by atoms with Crippen LogP contribution in [-0.4, -0.2) is 36.0 Å². The second kappa shape index (κ2) is 6.77. The zero-order chi connectivity index (χ0) is 19.0. The molecular weight excluding hydrogens is 350 g/mol. The van der Waals surface area contributed by atoms with Gasteiger partial charge in [0.25, 0.3) is 0 Å². The van der Waals surface area contributed by atoms with E-state index in [4.69, 9.17) is 9.47 Å². The van der Waals surface area contributed by atoms with Crippen molar-refractivity contribution in [3.8, 4) is 0 Å². The standard InChI is InChI=1S/C20H15NO6/c22-15-9-17(26-19(24)13-7-3-1-5-11(13)15)21-18-10-16(23)12-6-2-4-8-14(12)20(25)27-18/h1-8,17-18,21H,9-10H2. The lowest BCUT2D eigenvalue weighted by Gasteiger charge is -2.22. The van der Waals surface area contributed by atoms with Gasteiger partial charge >= 0.3 is 11.9 Å². The fraction of sp³-hybridized carbons (Fsp3) is 0.200. The molecule has 0 spiro atoms. The van der Waals surface area contributed by atoms with Gasteiger partial charge in [0, 0.05) is 11.1 Å². The maximum Gasteiger partial charge on any atom is 0.340 e. The minimum absolute atomic E-state index is 0.127. The third-order valence-electron chi connectivity index (χ3n) is 4.51. The van der Waals surface area contributed by atoms with Crippen molar-refractivity contribution in [1.82, 2.24) is 5.32 Å². The fourth-order valence-electron chi connectivity index (χ4n) is 3.23. The van der Waals surface area contributed by atoms with E-state index in [0.717, 1.165) is 0 Å². The van der Waals surface area contributed by atoms with Crippen LogP contribution in [0.2, 0.25) is 0 Å². The fourth-order valence-corrected chi connectivity index (χ4v) is 3.23. The number of hydrogen-bond acceptors (Lipinski definition) is 7. The molecule has 7 heteroatoms. The molecule has 2 unspecified atom stereocenters. The number of ether oxygens (including phenoxy) is 2. The van der Waals surface area contributed by atoms with Gasteiger partial charge in [-0.15, -0.1) is 0 Å². The Balaban J connectivity index is 1.54. The van der Waals surface area contributed by atoms with Crippen LogP contribution in [0, 0.1) is 0 Å². The van der Waals surface area contributed by atoms with E-state index in [-0.39, 0.29) is 46.7 Å². The number of nitrogens with one attached hydrogen (secondary N) is 1. The first-order valence-electron chi connectivity index (χ1n) is 8.45. The summed E-state index contributed by atoms with van der Waals surface area (Å²) in [6.45, 7) is 0. The summed E-state index contributed by atoms with van der Waals surface area (Å²) in [4.78, 5) is 49.4. The maximum atomic E-state index is 12.4. The number of Topliss-reactive ketones (excluding diaryl/α,β-unsaturated/α-hetero) is 2. The first kappa shape index (κ1) is 17.1. The Kier molecular flexibility index (Phi) is 4.29. The summed E-state index contributed by atoms with van der Waals surface area (Å²) in [5.74, 6) is -1.85. The zero-order valence-corrected chi connectivity index (χ0v) is 14.1. The van der Waals surface area contributed by atoms with Crippen molar-refractivity contribution in [3.63, 3.8) is 0 Å². The number of hydrogen-bond donors (Lipinski definition) is 1. The molecule has 0 aromatic heterocycles. The minimum atomic E-state index is -1.01. The summed E-state index contributed by atoms with van der Waals surface area (Å²) < 4.78 is 10.7. The van der Waals surface area contributed by atoms with E-state index < -0.39 is 24.4 Å². The Bertz CT molecular complexity index is 815. The van der Waals surface area contributed by atoms with Gasteiger partial charge in [0.05, 0.1) is 24.0 Å². The molecular formula is C20H15NO6. The Morgan fingerprint density at radius 1 is 0.630 bits per heavy atom. The van der Waals surface area contributed by atoms with Gasteiger partial charge in [-0.25, -0.2) is 14.9 Å². The number of ketones is 2. The monoisotopic (exact) mass is 365 g/mol. The molecule has 2 heterocycles. The van der Waals surface area contributed by atoms with Crippen molar-refractivity contribution in [2.24, 2.45) is 0 Å². The second-order valence-electron chi connectivity index (χ2n) is 6.30. The third kappa shape index (κ3) is 3.24. The van der Waals surface area contributed by atoms with Gasteiger partial charge in [-0.3, -0.25) is 9.59 Å². The van der Waals surface area contributed by atoms with E-state index in [1.165, 1.54) is 12.1 Å². The summed E-state index contributed by atoms with van der Waals surface area (Å²) >= 11 is 0. The predicted molar refractivity (Wildman–Crippen MR) is 92.3 cm³/mol. The average Bonchev–Trinajstić information content (AvgIpc) is 2.85. The first-order chi connectivity index (χ1) is 13.0. The Morgan fingerprint density at radius 3 is 1.41 bits per heavy atom.